The summed E-state index contributed by atoms with van der Waals surface area (Å²) in [5.74, 6) is 0.664. The van der Waals surface area contributed by atoms with Gasteiger partial charge in [-0.15, -0.1) is 0 Å². The summed E-state index contributed by atoms with van der Waals surface area (Å²) < 4.78 is 27.1. The van der Waals surface area contributed by atoms with E-state index >= 15 is 0 Å². The Morgan fingerprint density at radius 3 is 2.58 bits per heavy atom. The molecule has 2 aliphatic rings. The lowest BCUT2D eigenvalue weighted by atomic mass is 9.96. The molecule has 2 amide bonds. The highest BCUT2D eigenvalue weighted by molar-refractivity contribution is 5.68. The van der Waals surface area contributed by atoms with E-state index in [1.165, 1.54) is 12.1 Å². The van der Waals surface area contributed by atoms with Crippen LogP contribution in [-0.2, 0) is 22.4 Å². The van der Waals surface area contributed by atoms with E-state index in [0.29, 0.717) is 32.2 Å². The van der Waals surface area contributed by atoms with Crippen molar-refractivity contribution in [2.24, 2.45) is 0 Å². The summed E-state index contributed by atoms with van der Waals surface area (Å²) in [6, 6.07) is 6.48. The fourth-order valence-corrected chi connectivity index (χ4v) is 5.90. The number of nitrogens with zero attached hydrogens (tertiary/aromatic N) is 4. The number of fused-ring (bicyclic) bond motifs is 1. The second-order valence-electron chi connectivity index (χ2n) is 11.9. The van der Waals surface area contributed by atoms with Crippen LogP contribution in [0.4, 0.5) is 14.0 Å². The molecule has 1 saturated heterocycles. The van der Waals surface area contributed by atoms with Gasteiger partial charge >= 0.3 is 12.2 Å². The number of ether oxygens (including phenoxy) is 2. The summed E-state index contributed by atoms with van der Waals surface area (Å²) in [6.07, 6.45) is 2.50. The highest BCUT2D eigenvalue weighted by Crippen LogP contribution is 2.32. The zero-order chi connectivity index (χ0) is 29.0. The van der Waals surface area contributed by atoms with E-state index < -0.39 is 11.7 Å². The van der Waals surface area contributed by atoms with Gasteiger partial charge in [0.25, 0.3) is 0 Å². The molecular formula is C30H44FN5O4. The third-order valence-corrected chi connectivity index (χ3v) is 7.76. The zero-order valence-electron chi connectivity index (χ0n) is 24.7. The summed E-state index contributed by atoms with van der Waals surface area (Å²) in [5, 5.41) is 2.97. The van der Waals surface area contributed by atoms with E-state index in [0.717, 1.165) is 55.1 Å². The lowest BCUT2D eigenvalue weighted by molar-refractivity contribution is 0.0486. The number of nitrogens with one attached hydrogen (secondary N) is 1. The Bertz CT molecular complexity index is 1190. The number of likely N-dealkylation sites (tertiary alicyclic amines) is 1. The van der Waals surface area contributed by atoms with Gasteiger partial charge in [-0.05, 0) is 78.5 Å². The Balaban J connectivity index is 1.41. The summed E-state index contributed by atoms with van der Waals surface area (Å²) >= 11 is 0. The minimum absolute atomic E-state index is 0.154. The number of imidazole rings is 1. The van der Waals surface area contributed by atoms with Crippen molar-refractivity contribution in [1.82, 2.24) is 24.7 Å². The molecule has 0 saturated carbocycles. The average Bonchev–Trinajstić information content (AvgIpc) is 3.22. The summed E-state index contributed by atoms with van der Waals surface area (Å²) in [5.41, 5.74) is 2.30. The number of aryl methyl sites for hydroxylation is 1. The molecule has 3 heterocycles. The van der Waals surface area contributed by atoms with Crippen molar-refractivity contribution in [3.8, 4) is 0 Å². The maximum Gasteiger partial charge on any atom is 0.410 e. The number of alkyl carbamates (subject to hydrolysis) is 1. The lowest BCUT2D eigenvalue weighted by Gasteiger charge is -2.39. The first-order valence-corrected chi connectivity index (χ1v) is 14.4. The molecule has 1 aromatic heterocycles. The number of hydrogen-bond acceptors (Lipinski definition) is 6. The quantitative estimate of drug-likeness (QED) is 0.482. The Morgan fingerprint density at radius 2 is 1.93 bits per heavy atom. The number of aromatic nitrogens is 2. The first-order valence-electron chi connectivity index (χ1n) is 14.4. The molecule has 1 unspecified atom stereocenters. The highest BCUT2D eigenvalue weighted by Gasteiger charge is 2.32. The molecule has 220 valence electrons. The van der Waals surface area contributed by atoms with Gasteiger partial charge in [0.15, 0.2) is 0 Å². The van der Waals surface area contributed by atoms with E-state index in [9.17, 15) is 14.0 Å². The summed E-state index contributed by atoms with van der Waals surface area (Å²) in [4.78, 5) is 34.0. The van der Waals surface area contributed by atoms with Crippen LogP contribution < -0.4 is 5.32 Å². The lowest BCUT2D eigenvalue weighted by Crippen LogP contribution is -2.44. The van der Waals surface area contributed by atoms with E-state index in [4.69, 9.17) is 14.5 Å². The van der Waals surface area contributed by atoms with Crippen LogP contribution in [-0.4, -0.2) is 69.4 Å². The Labute approximate surface area is 237 Å². The van der Waals surface area contributed by atoms with Gasteiger partial charge in [0, 0.05) is 38.1 Å². The maximum absolute atomic E-state index is 14.1. The molecule has 2 aromatic rings. The van der Waals surface area contributed by atoms with Crippen molar-refractivity contribution in [2.75, 3.05) is 26.2 Å². The van der Waals surface area contributed by atoms with Crippen molar-refractivity contribution in [3.05, 3.63) is 52.9 Å². The van der Waals surface area contributed by atoms with Crippen LogP contribution in [0.2, 0.25) is 0 Å². The van der Waals surface area contributed by atoms with Gasteiger partial charge in [0.1, 0.15) is 17.2 Å². The van der Waals surface area contributed by atoms with Gasteiger partial charge in [-0.25, -0.2) is 19.0 Å². The molecule has 0 bridgehead atoms. The molecule has 0 aliphatic carbocycles. The van der Waals surface area contributed by atoms with Crippen molar-refractivity contribution < 1.29 is 23.5 Å². The molecule has 0 radical (unpaired) electrons. The molecule has 10 heteroatoms. The number of amides is 2. The molecule has 4 rings (SSSR count). The van der Waals surface area contributed by atoms with Crippen LogP contribution in [0.5, 0.6) is 0 Å². The van der Waals surface area contributed by atoms with Gasteiger partial charge in [-0.2, -0.15) is 0 Å². The van der Waals surface area contributed by atoms with Crippen molar-refractivity contribution >= 4 is 12.2 Å². The monoisotopic (exact) mass is 557 g/mol. The molecule has 2 atom stereocenters. The number of hydrogen-bond donors (Lipinski definition) is 1. The van der Waals surface area contributed by atoms with Gasteiger partial charge in [-0.3, -0.25) is 0 Å². The van der Waals surface area contributed by atoms with Gasteiger partial charge in [-0.1, -0.05) is 12.1 Å². The molecule has 2 aliphatic heterocycles. The standard InChI is InChI=1S/C30H44FN5O4/c1-7-39-29(38)35-16-13-25-27(19-35)36(21(3)32-25)24-11-14-34(15-12-24)20(2)17-26(22-9-8-10-23(31)18-22)33-28(37)40-30(4,5)6/h8-10,18,20,24,26H,7,11-17,19H2,1-6H3,(H,33,37)/t20?,26-/m0/s1. The Kier molecular flexibility index (Phi) is 9.38. The highest BCUT2D eigenvalue weighted by atomic mass is 19.1. The number of carbonyl (C=O) groups is 2. The minimum Gasteiger partial charge on any atom is -0.450 e. The number of carbonyl (C=O) groups excluding carboxylic acids is 2. The summed E-state index contributed by atoms with van der Waals surface area (Å²) in [6.45, 7) is 14.8. The van der Waals surface area contributed by atoms with Crippen molar-refractivity contribution in [3.63, 3.8) is 0 Å². The van der Waals surface area contributed by atoms with Crippen LogP contribution in [0.25, 0.3) is 0 Å². The van der Waals surface area contributed by atoms with Crippen molar-refractivity contribution in [1.29, 1.82) is 0 Å². The fraction of sp³-hybridized carbons (Fsp3) is 0.633. The molecule has 40 heavy (non-hydrogen) atoms. The first kappa shape index (κ1) is 29.8. The molecule has 9 nitrogen and oxygen atoms in total. The van der Waals surface area contributed by atoms with E-state index in [2.05, 4.69) is 21.7 Å². The van der Waals surface area contributed by atoms with E-state index in [1.807, 2.05) is 40.7 Å². The molecule has 1 N–H and O–H groups in total. The van der Waals surface area contributed by atoms with Gasteiger partial charge in [0.2, 0.25) is 0 Å². The molecule has 0 spiro atoms. The first-order chi connectivity index (χ1) is 18.9. The number of piperidine rings is 1. The smallest absolute Gasteiger partial charge is 0.410 e. The SMILES string of the molecule is CCOC(=O)N1CCc2nc(C)n(C3CCN(C(C)C[C@H](NC(=O)OC(C)(C)C)c4cccc(F)c4)CC3)c2C1. The topological polar surface area (TPSA) is 88.9 Å². The minimum atomic E-state index is -0.623. The predicted molar refractivity (Wildman–Crippen MR) is 151 cm³/mol. The van der Waals surface area contributed by atoms with Gasteiger partial charge < -0.3 is 29.2 Å². The third kappa shape index (κ3) is 7.33. The van der Waals surface area contributed by atoms with Crippen LogP contribution in [0, 0.1) is 12.7 Å². The van der Waals surface area contributed by atoms with Crippen LogP contribution in [0.3, 0.4) is 0 Å². The molecule has 1 fully saturated rings. The number of halogens is 1. The van der Waals surface area contributed by atoms with Crippen LogP contribution in [0.1, 0.15) is 88.7 Å². The van der Waals surface area contributed by atoms with Crippen LogP contribution >= 0.6 is 0 Å². The Hall–Kier alpha value is -3.14. The largest absolute Gasteiger partial charge is 0.450 e. The summed E-state index contributed by atoms with van der Waals surface area (Å²) in [7, 11) is 0. The fourth-order valence-electron chi connectivity index (χ4n) is 5.90. The van der Waals surface area contributed by atoms with Gasteiger partial charge in [0.05, 0.1) is 30.6 Å². The number of rotatable bonds is 7. The molecular weight excluding hydrogens is 513 g/mol. The van der Waals surface area contributed by atoms with E-state index in [-0.39, 0.29) is 24.0 Å². The Morgan fingerprint density at radius 1 is 1.20 bits per heavy atom. The van der Waals surface area contributed by atoms with Crippen molar-refractivity contribution in [2.45, 2.75) is 97.5 Å². The predicted octanol–water partition coefficient (Wildman–Crippen LogP) is 5.53. The zero-order valence-corrected chi connectivity index (χ0v) is 24.7. The van der Waals surface area contributed by atoms with E-state index in [1.54, 1.807) is 11.0 Å². The van der Waals surface area contributed by atoms with Crippen LogP contribution in [0.15, 0.2) is 24.3 Å². The molecule has 1 aromatic carbocycles. The maximum atomic E-state index is 14.1. The second kappa shape index (κ2) is 12.6. The number of benzene rings is 1. The second-order valence-corrected chi connectivity index (χ2v) is 11.9. The average molecular weight is 558 g/mol. The normalized spacial score (nSPS) is 18.1. The third-order valence-electron chi connectivity index (χ3n) is 7.76.